The van der Waals surface area contributed by atoms with E-state index in [9.17, 15) is 9.59 Å². The maximum Gasteiger partial charge on any atom is 0.315 e. The molecule has 28 heavy (non-hydrogen) atoms. The summed E-state index contributed by atoms with van der Waals surface area (Å²) in [5.41, 5.74) is 2.32. The van der Waals surface area contributed by atoms with Crippen LogP contribution < -0.4 is 0 Å². The summed E-state index contributed by atoms with van der Waals surface area (Å²) >= 11 is 3.28. The molecule has 1 aliphatic heterocycles. The highest BCUT2D eigenvalue weighted by molar-refractivity contribution is 7.10. The monoisotopic (exact) mass is 413 g/mol. The van der Waals surface area contributed by atoms with Crippen molar-refractivity contribution >= 4 is 40.1 Å². The molecule has 1 unspecified atom stereocenters. The molecule has 6 heteroatoms. The number of hydrogen-bond donors (Lipinski definition) is 0. The van der Waals surface area contributed by atoms with Crippen LogP contribution in [0.2, 0.25) is 0 Å². The molecular formula is C22H23NO3S2. The second-order valence-corrected chi connectivity index (χ2v) is 9.25. The molecule has 146 valence electrons. The summed E-state index contributed by atoms with van der Waals surface area (Å²) in [7, 11) is 0. The summed E-state index contributed by atoms with van der Waals surface area (Å²) in [6.07, 6.45) is 2.00. The number of rotatable bonds is 5. The molecule has 0 fully saturated rings. The van der Waals surface area contributed by atoms with E-state index in [1.165, 1.54) is 4.88 Å². The van der Waals surface area contributed by atoms with Crippen LogP contribution >= 0.6 is 22.7 Å². The molecule has 1 aliphatic carbocycles. The molecule has 0 amide bonds. The molecule has 2 aliphatic rings. The first-order valence-corrected chi connectivity index (χ1v) is 11.4. The lowest BCUT2D eigenvalue weighted by atomic mass is 9.72. The van der Waals surface area contributed by atoms with E-state index in [4.69, 9.17) is 9.73 Å². The third-order valence-electron chi connectivity index (χ3n) is 5.39. The average Bonchev–Trinajstić information content (AvgIpc) is 3.38. The van der Waals surface area contributed by atoms with Crippen molar-refractivity contribution in [2.45, 2.75) is 44.9 Å². The number of ketones is 1. The Morgan fingerprint density at radius 3 is 2.54 bits per heavy atom. The number of ether oxygens (including phenoxy) is 1. The average molecular weight is 414 g/mol. The molecular weight excluding hydrogens is 390 g/mol. The molecule has 0 saturated carbocycles. The van der Waals surface area contributed by atoms with Crippen LogP contribution in [0, 0.1) is 5.92 Å². The van der Waals surface area contributed by atoms with Crippen LogP contribution in [0.5, 0.6) is 0 Å². The Kier molecular flexibility index (Phi) is 5.60. The quantitative estimate of drug-likeness (QED) is 0.622. The van der Waals surface area contributed by atoms with Gasteiger partial charge >= 0.3 is 5.97 Å². The van der Waals surface area contributed by atoms with Crippen LogP contribution in [0.4, 0.5) is 0 Å². The van der Waals surface area contributed by atoms with Crippen LogP contribution in [-0.4, -0.2) is 24.1 Å². The Morgan fingerprint density at radius 2 is 1.89 bits per heavy atom. The molecule has 0 N–H and O–H groups in total. The molecule has 0 radical (unpaired) electrons. The standard InChI is InChI=1S/C22H23NO3S2/c1-3-8-26-22(25)19-13(2)23-15-11-14(17-6-4-9-27-17)12-16(24)20(15)21(19)18-7-5-10-28-18/h4-7,9-10,14,19,21H,3,8,11-12H2,1-2H3/t14-,19?,21+/m0/s1. The molecule has 4 rings (SSSR count). The molecule has 3 atom stereocenters. The predicted molar refractivity (Wildman–Crippen MR) is 113 cm³/mol. The minimum absolute atomic E-state index is 0.114. The summed E-state index contributed by atoms with van der Waals surface area (Å²) in [5.74, 6) is -0.793. The van der Waals surface area contributed by atoms with Gasteiger partial charge in [0.1, 0.15) is 5.92 Å². The van der Waals surface area contributed by atoms with Gasteiger partial charge in [0.25, 0.3) is 0 Å². The summed E-state index contributed by atoms with van der Waals surface area (Å²) in [5, 5.41) is 4.04. The third kappa shape index (κ3) is 3.51. The smallest absolute Gasteiger partial charge is 0.315 e. The number of thiophene rings is 2. The number of aliphatic imine (C=N–C) groups is 1. The van der Waals surface area contributed by atoms with Crippen molar-refractivity contribution in [1.82, 2.24) is 0 Å². The number of hydrogen-bond acceptors (Lipinski definition) is 6. The maximum atomic E-state index is 13.3. The minimum atomic E-state index is -0.522. The lowest BCUT2D eigenvalue weighted by Crippen LogP contribution is -2.37. The van der Waals surface area contributed by atoms with Gasteiger partial charge in [0.15, 0.2) is 5.78 Å². The molecule has 0 saturated heterocycles. The zero-order valence-corrected chi connectivity index (χ0v) is 17.6. The fourth-order valence-corrected chi connectivity index (χ4v) is 5.86. The highest BCUT2D eigenvalue weighted by Gasteiger charge is 2.45. The summed E-state index contributed by atoms with van der Waals surface area (Å²) in [6.45, 7) is 4.25. The van der Waals surface area contributed by atoms with Crippen LogP contribution in [0.25, 0.3) is 0 Å². The Bertz CT molecular complexity index is 925. The van der Waals surface area contributed by atoms with Crippen molar-refractivity contribution in [1.29, 1.82) is 0 Å². The van der Waals surface area contributed by atoms with E-state index < -0.39 is 5.92 Å². The molecule has 0 spiro atoms. The van der Waals surface area contributed by atoms with E-state index in [1.807, 2.05) is 42.8 Å². The minimum Gasteiger partial charge on any atom is -0.465 e. The number of Topliss-reactive ketones (excluding diaryl/α,β-unsaturated/α-hetero) is 1. The number of carbonyl (C=O) groups excluding carboxylic acids is 2. The Balaban J connectivity index is 1.75. The van der Waals surface area contributed by atoms with Gasteiger partial charge < -0.3 is 4.74 Å². The number of nitrogens with zero attached hydrogens (tertiary/aromatic N) is 1. The topological polar surface area (TPSA) is 55.7 Å². The first-order valence-electron chi connectivity index (χ1n) is 9.65. The largest absolute Gasteiger partial charge is 0.465 e. The van der Waals surface area contributed by atoms with E-state index >= 15 is 0 Å². The zero-order chi connectivity index (χ0) is 19.7. The number of carbonyl (C=O) groups is 2. The summed E-state index contributed by atoms with van der Waals surface area (Å²) < 4.78 is 5.48. The molecule has 2 aromatic rings. The number of esters is 1. The van der Waals surface area contributed by atoms with E-state index in [0.29, 0.717) is 13.0 Å². The van der Waals surface area contributed by atoms with Gasteiger partial charge in [-0.1, -0.05) is 19.1 Å². The van der Waals surface area contributed by atoms with Crippen LogP contribution in [0.1, 0.15) is 54.7 Å². The predicted octanol–water partition coefficient (Wildman–Crippen LogP) is 5.34. The van der Waals surface area contributed by atoms with Gasteiger partial charge in [-0.3, -0.25) is 14.6 Å². The van der Waals surface area contributed by atoms with Gasteiger partial charge in [-0.25, -0.2) is 0 Å². The van der Waals surface area contributed by atoms with Gasteiger partial charge in [-0.05, 0) is 42.7 Å². The lowest BCUT2D eigenvalue weighted by molar-refractivity contribution is -0.146. The van der Waals surface area contributed by atoms with Crippen LogP contribution in [0.3, 0.4) is 0 Å². The fraction of sp³-hybridized carbons (Fsp3) is 0.409. The fourth-order valence-electron chi connectivity index (χ4n) is 4.16. The lowest BCUT2D eigenvalue weighted by Gasteiger charge is -2.35. The highest BCUT2D eigenvalue weighted by Crippen LogP contribution is 2.48. The normalized spacial score (nSPS) is 24.7. The van der Waals surface area contributed by atoms with Crippen molar-refractivity contribution in [2.75, 3.05) is 6.61 Å². The molecule has 0 aromatic carbocycles. The van der Waals surface area contributed by atoms with Gasteiger partial charge in [0, 0.05) is 45.0 Å². The highest BCUT2D eigenvalue weighted by atomic mass is 32.1. The Hall–Kier alpha value is -2.05. The Morgan fingerprint density at radius 1 is 1.18 bits per heavy atom. The first kappa shape index (κ1) is 19.3. The molecule has 2 aromatic heterocycles. The second kappa shape index (κ2) is 8.13. The molecule has 0 bridgehead atoms. The van der Waals surface area contributed by atoms with Crippen LogP contribution in [0.15, 0.2) is 51.3 Å². The number of allylic oxidation sites excluding steroid dienone is 2. The van der Waals surface area contributed by atoms with Gasteiger partial charge in [0.05, 0.1) is 6.61 Å². The van der Waals surface area contributed by atoms with Gasteiger partial charge in [-0.2, -0.15) is 0 Å². The van der Waals surface area contributed by atoms with Crippen molar-refractivity contribution in [3.63, 3.8) is 0 Å². The van der Waals surface area contributed by atoms with Crippen molar-refractivity contribution in [2.24, 2.45) is 10.9 Å². The summed E-state index contributed by atoms with van der Waals surface area (Å²) in [4.78, 5) is 33.2. The van der Waals surface area contributed by atoms with E-state index in [-0.39, 0.29) is 23.6 Å². The van der Waals surface area contributed by atoms with Crippen LogP contribution in [-0.2, 0) is 14.3 Å². The van der Waals surface area contributed by atoms with E-state index in [2.05, 4.69) is 6.07 Å². The maximum absolute atomic E-state index is 13.3. The van der Waals surface area contributed by atoms with Gasteiger partial charge in [0.2, 0.25) is 0 Å². The molecule has 4 nitrogen and oxygen atoms in total. The molecule has 3 heterocycles. The SMILES string of the molecule is CCCOC(=O)C1C(C)=NC2=C(C(=O)C[C@@H](c3cccs3)C2)[C@@H]1c1cccs1. The second-order valence-electron chi connectivity index (χ2n) is 7.30. The van der Waals surface area contributed by atoms with Crippen molar-refractivity contribution < 1.29 is 14.3 Å². The van der Waals surface area contributed by atoms with E-state index in [0.717, 1.165) is 34.7 Å². The Labute approximate surface area is 173 Å². The summed E-state index contributed by atoms with van der Waals surface area (Å²) in [6, 6.07) is 8.10. The van der Waals surface area contributed by atoms with Crippen molar-refractivity contribution in [3.05, 3.63) is 56.1 Å². The van der Waals surface area contributed by atoms with E-state index in [1.54, 1.807) is 22.7 Å². The first-order chi connectivity index (χ1) is 13.6. The third-order valence-corrected chi connectivity index (χ3v) is 7.38. The van der Waals surface area contributed by atoms with Gasteiger partial charge in [-0.15, -0.1) is 22.7 Å². The zero-order valence-electron chi connectivity index (χ0n) is 16.0. The van der Waals surface area contributed by atoms with Crippen molar-refractivity contribution in [3.8, 4) is 0 Å².